The second kappa shape index (κ2) is 5.54. The van der Waals surface area contributed by atoms with Crippen LogP contribution in [0, 0.1) is 0 Å². The van der Waals surface area contributed by atoms with Crippen molar-refractivity contribution in [1.82, 2.24) is 4.90 Å². The van der Waals surface area contributed by atoms with Gasteiger partial charge in [0.15, 0.2) is 0 Å². The number of amides is 1. The SMILES string of the molecule is O=C(OCc1ccccc1)N1CCCCC1. The zero-order valence-corrected chi connectivity index (χ0v) is 9.39. The highest BCUT2D eigenvalue weighted by atomic mass is 16.6. The van der Waals surface area contributed by atoms with E-state index in [4.69, 9.17) is 4.74 Å². The van der Waals surface area contributed by atoms with Gasteiger partial charge in [-0.3, -0.25) is 0 Å². The number of carbonyl (C=O) groups is 1. The predicted molar refractivity (Wildman–Crippen MR) is 62.1 cm³/mol. The largest absolute Gasteiger partial charge is 0.445 e. The quantitative estimate of drug-likeness (QED) is 0.765. The number of carbonyl (C=O) groups excluding carboxylic acids is 1. The lowest BCUT2D eigenvalue weighted by Gasteiger charge is -2.25. The first-order chi connectivity index (χ1) is 7.86. The molecule has 3 nitrogen and oxygen atoms in total. The van der Waals surface area contributed by atoms with E-state index in [0.717, 1.165) is 31.5 Å². The van der Waals surface area contributed by atoms with Gasteiger partial charge in [0.25, 0.3) is 0 Å². The summed E-state index contributed by atoms with van der Waals surface area (Å²) in [5, 5.41) is 0. The second-order valence-electron chi connectivity index (χ2n) is 4.09. The van der Waals surface area contributed by atoms with E-state index >= 15 is 0 Å². The van der Waals surface area contributed by atoms with Crippen molar-refractivity contribution >= 4 is 6.09 Å². The van der Waals surface area contributed by atoms with Gasteiger partial charge in [0.2, 0.25) is 0 Å². The molecule has 1 amide bonds. The van der Waals surface area contributed by atoms with E-state index in [9.17, 15) is 4.79 Å². The lowest BCUT2D eigenvalue weighted by molar-refractivity contribution is 0.0894. The van der Waals surface area contributed by atoms with Crippen molar-refractivity contribution in [2.45, 2.75) is 25.9 Å². The molecule has 0 saturated carbocycles. The fourth-order valence-corrected chi connectivity index (χ4v) is 1.89. The van der Waals surface area contributed by atoms with Crippen molar-refractivity contribution in [3.05, 3.63) is 35.9 Å². The molecule has 1 heterocycles. The Kier molecular flexibility index (Phi) is 3.81. The van der Waals surface area contributed by atoms with Gasteiger partial charge in [0.1, 0.15) is 6.61 Å². The summed E-state index contributed by atoms with van der Waals surface area (Å²) in [6, 6.07) is 9.77. The minimum Gasteiger partial charge on any atom is -0.445 e. The summed E-state index contributed by atoms with van der Waals surface area (Å²) >= 11 is 0. The van der Waals surface area contributed by atoms with Gasteiger partial charge >= 0.3 is 6.09 Å². The van der Waals surface area contributed by atoms with E-state index in [2.05, 4.69) is 0 Å². The number of hydrogen-bond acceptors (Lipinski definition) is 2. The van der Waals surface area contributed by atoms with Crippen molar-refractivity contribution in [2.75, 3.05) is 13.1 Å². The lowest BCUT2D eigenvalue weighted by Crippen LogP contribution is -2.35. The third-order valence-electron chi connectivity index (χ3n) is 2.82. The van der Waals surface area contributed by atoms with Crippen molar-refractivity contribution in [3.8, 4) is 0 Å². The molecule has 0 aromatic heterocycles. The lowest BCUT2D eigenvalue weighted by atomic mass is 10.1. The van der Waals surface area contributed by atoms with Crippen LogP contribution in [0.25, 0.3) is 0 Å². The van der Waals surface area contributed by atoms with Gasteiger partial charge in [0.05, 0.1) is 0 Å². The minimum atomic E-state index is -0.177. The first-order valence-corrected chi connectivity index (χ1v) is 5.82. The van der Waals surface area contributed by atoms with Crippen LogP contribution in [0.4, 0.5) is 4.79 Å². The molecule has 3 heteroatoms. The van der Waals surface area contributed by atoms with E-state index in [1.54, 1.807) is 4.90 Å². The molecule has 0 bridgehead atoms. The van der Waals surface area contributed by atoms with Crippen LogP contribution in [0.1, 0.15) is 24.8 Å². The molecule has 16 heavy (non-hydrogen) atoms. The number of benzene rings is 1. The Hall–Kier alpha value is -1.51. The number of nitrogens with zero attached hydrogens (tertiary/aromatic N) is 1. The maximum atomic E-state index is 11.7. The molecular weight excluding hydrogens is 202 g/mol. The van der Waals surface area contributed by atoms with E-state index in [1.165, 1.54) is 6.42 Å². The Morgan fingerprint density at radius 1 is 1.12 bits per heavy atom. The van der Waals surface area contributed by atoms with E-state index in [1.807, 2.05) is 30.3 Å². The van der Waals surface area contributed by atoms with Gasteiger partial charge in [-0.1, -0.05) is 30.3 Å². The average molecular weight is 219 g/mol. The molecule has 0 atom stereocenters. The third-order valence-corrected chi connectivity index (χ3v) is 2.82. The molecule has 1 aromatic carbocycles. The van der Waals surface area contributed by atoms with Crippen molar-refractivity contribution in [1.29, 1.82) is 0 Å². The normalized spacial score (nSPS) is 15.9. The summed E-state index contributed by atoms with van der Waals surface area (Å²) < 4.78 is 5.25. The van der Waals surface area contributed by atoms with E-state index in [-0.39, 0.29) is 6.09 Å². The average Bonchev–Trinajstić information content (AvgIpc) is 2.38. The highest BCUT2D eigenvalue weighted by Crippen LogP contribution is 2.11. The molecule has 0 spiro atoms. The van der Waals surface area contributed by atoms with Gasteiger partial charge in [-0.2, -0.15) is 0 Å². The molecule has 0 aliphatic carbocycles. The van der Waals surface area contributed by atoms with Gasteiger partial charge in [0, 0.05) is 13.1 Å². The summed E-state index contributed by atoms with van der Waals surface area (Å²) in [6.07, 6.45) is 3.24. The van der Waals surface area contributed by atoms with Crippen LogP contribution in [0.2, 0.25) is 0 Å². The van der Waals surface area contributed by atoms with Crippen LogP contribution >= 0.6 is 0 Å². The number of rotatable bonds is 2. The fourth-order valence-electron chi connectivity index (χ4n) is 1.89. The van der Waals surface area contributed by atoms with Crippen LogP contribution in [0.15, 0.2) is 30.3 Å². The monoisotopic (exact) mass is 219 g/mol. The number of likely N-dealkylation sites (tertiary alicyclic amines) is 1. The minimum absolute atomic E-state index is 0.177. The summed E-state index contributed by atoms with van der Waals surface area (Å²) in [6.45, 7) is 2.05. The third kappa shape index (κ3) is 2.99. The maximum absolute atomic E-state index is 11.7. The fraction of sp³-hybridized carbons (Fsp3) is 0.462. The van der Waals surface area contributed by atoms with Crippen molar-refractivity contribution in [3.63, 3.8) is 0 Å². The summed E-state index contributed by atoms with van der Waals surface area (Å²) in [4.78, 5) is 13.5. The molecule has 0 unspecified atom stereocenters. The highest BCUT2D eigenvalue weighted by Gasteiger charge is 2.17. The highest BCUT2D eigenvalue weighted by molar-refractivity contribution is 5.67. The Morgan fingerprint density at radius 2 is 1.81 bits per heavy atom. The van der Waals surface area contributed by atoms with Gasteiger partial charge in [-0.05, 0) is 24.8 Å². The molecule has 0 radical (unpaired) electrons. The number of ether oxygens (including phenoxy) is 1. The van der Waals surface area contributed by atoms with Crippen LogP contribution < -0.4 is 0 Å². The zero-order chi connectivity index (χ0) is 11.2. The Morgan fingerprint density at radius 3 is 2.50 bits per heavy atom. The Labute approximate surface area is 96.0 Å². The Balaban J connectivity index is 1.79. The van der Waals surface area contributed by atoms with Crippen LogP contribution in [0.5, 0.6) is 0 Å². The number of piperidine rings is 1. The molecule has 86 valence electrons. The van der Waals surface area contributed by atoms with Gasteiger partial charge < -0.3 is 9.64 Å². The molecule has 2 rings (SSSR count). The Bertz CT molecular complexity index is 331. The topological polar surface area (TPSA) is 29.5 Å². The first-order valence-electron chi connectivity index (χ1n) is 5.82. The molecular formula is C13H17NO2. The van der Waals surface area contributed by atoms with Crippen molar-refractivity contribution < 1.29 is 9.53 Å². The molecule has 1 aliphatic rings. The summed E-state index contributed by atoms with van der Waals surface area (Å²) in [7, 11) is 0. The van der Waals surface area contributed by atoms with Gasteiger partial charge in [-0.15, -0.1) is 0 Å². The number of hydrogen-bond donors (Lipinski definition) is 0. The van der Waals surface area contributed by atoms with Crippen molar-refractivity contribution in [2.24, 2.45) is 0 Å². The molecule has 1 aromatic rings. The second-order valence-corrected chi connectivity index (χ2v) is 4.09. The zero-order valence-electron chi connectivity index (χ0n) is 9.39. The molecule has 1 saturated heterocycles. The van der Waals surface area contributed by atoms with E-state index in [0.29, 0.717) is 6.61 Å². The maximum Gasteiger partial charge on any atom is 0.410 e. The van der Waals surface area contributed by atoms with Crippen LogP contribution in [0.3, 0.4) is 0 Å². The van der Waals surface area contributed by atoms with E-state index < -0.39 is 0 Å². The smallest absolute Gasteiger partial charge is 0.410 e. The summed E-state index contributed by atoms with van der Waals surface area (Å²) in [5.41, 5.74) is 1.04. The van der Waals surface area contributed by atoms with Crippen LogP contribution in [-0.4, -0.2) is 24.1 Å². The predicted octanol–water partition coefficient (Wildman–Crippen LogP) is 2.81. The molecule has 1 fully saturated rings. The molecule has 1 aliphatic heterocycles. The van der Waals surface area contributed by atoms with Crippen LogP contribution in [-0.2, 0) is 11.3 Å². The van der Waals surface area contributed by atoms with Gasteiger partial charge in [-0.25, -0.2) is 4.79 Å². The standard InChI is InChI=1S/C13H17NO2/c15-13(14-9-5-2-6-10-14)16-11-12-7-3-1-4-8-12/h1,3-4,7-8H,2,5-6,9-11H2. The first kappa shape index (κ1) is 11.0. The molecule has 0 N–H and O–H groups in total. The summed E-state index contributed by atoms with van der Waals surface area (Å²) in [5.74, 6) is 0.